The topological polar surface area (TPSA) is 23.6 Å². The molecule has 1 fully saturated rings. The summed E-state index contributed by atoms with van der Waals surface area (Å²) < 4.78 is 0. The minimum absolute atomic E-state index is 0.271. The number of Topliss-reactive ketones (excluding diaryl/α,β-unsaturated/α-hetero) is 1. The van der Waals surface area contributed by atoms with Gasteiger partial charge in [0, 0.05) is 30.6 Å². The third-order valence-electron chi connectivity index (χ3n) is 3.71. The number of piperazine rings is 1. The van der Waals surface area contributed by atoms with Gasteiger partial charge in [0.1, 0.15) is 0 Å². The Kier molecular flexibility index (Phi) is 4.54. The second kappa shape index (κ2) is 5.95. The molecule has 2 rings (SSSR count). The lowest BCUT2D eigenvalue weighted by atomic mass is 10.1. The lowest BCUT2D eigenvalue weighted by Gasteiger charge is -2.38. The molecule has 0 aliphatic carbocycles. The van der Waals surface area contributed by atoms with E-state index >= 15 is 0 Å². The molecule has 3 nitrogen and oxygen atoms in total. The van der Waals surface area contributed by atoms with E-state index in [2.05, 4.69) is 23.8 Å². The van der Waals surface area contributed by atoms with Crippen LogP contribution in [0.3, 0.4) is 0 Å². The first-order valence-corrected chi connectivity index (χ1v) is 7.44. The van der Waals surface area contributed by atoms with E-state index in [4.69, 9.17) is 0 Å². The molecule has 18 heavy (non-hydrogen) atoms. The van der Waals surface area contributed by atoms with E-state index in [-0.39, 0.29) is 5.78 Å². The minimum atomic E-state index is 0.271. The molecule has 0 N–H and O–H groups in total. The summed E-state index contributed by atoms with van der Waals surface area (Å²) in [6.07, 6.45) is 1.15. The molecule has 0 radical (unpaired) electrons. The van der Waals surface area contributed by atoms with Gasteiger partial charge in [-0.3, -0.25) is 9.69 Å². The average molecular weight is 266 g/mol. The Balaban J connectivity index is 1.92. The Hall–Kier alpha value is -0.710. The SMILES string of the molecule is CCC1CN(CC(=O)c2ccc(C)s2)CCN1C. The van der Waals surface area contributed by atoms with Crippen molar-refractivity contribution in [1.29, 1.82) is 0 Å². The number of carbonyl (C=O) groups excluding carboxylic acids is 1. The highest BCUT2D eigenvalue weighted by Gasteiger charge is 2.24. The van der Waals surface area contributed by atoms with Crippen molar-refractivity contribution in [2.24, 2.45) is 0 Å². The molecule has 100 valence electrons. The maximum absolute atomic E-state index is 12.2. The fraction of sp³-hybridized carbons (Fsp3) is 0.643. The third-order valence-corrected chi connectivity index (χ3v) is 4.76. The number of thiophene rings is 1. The Labute approximate surface area is 113 Å². The summed E-state index contributed by atoms with van der Waals surface area (Å²) in [7, 11) is 2.18. The smallest absolute Gasteiger partial charge is 0.186 e. The summed E-state index contributed by atoms with van der Waals surface area (Å²) in [6.45, 7) is 7.92. The molecule has 1 aromatic heterocycles. The molecule has 1 aromatic rings. The van der Waals surface area contributed by atoms with E-state index in [1.807, 2.05) is 19.1 Å². The molecule has 0 saturated carbocycles. The van der Waals surface area contributed by atoms with Crippen molar-refractivity contribution in [3.63, 3.8) is 0 Å². The van der Waals surface area contributed by atoms with E-state index in [1.165, 1.54) is 4.88 Å². The maximum atomic E-state index is 12.2. The molecular weight excluding hydrogens is 244 g/mol. The normalized spacial score (nSPS) is 22.3. The molecule has 2 heterocycles. The lowest BCUT2D eigenvalue weighted by Crippen LogP contribution is -2.52. The number of nitrogens with zero attached hydrogens (tertiary/aromatic N) is 2. The Morgan fingerprint density at radius 1 is 1.44 bits per heavy atom. The number of ketones is 1. The highest BCUT2D eigenvalue weighted by atomic mass is 32.1. The first-order chi connectivity index (χ1) is 8.60. The highest BCUT2D eigenvalue weighted by Crippen LogP contribution is 2.17. The summed E-state index contributed by atoms with van der Waals surface area (Å²) in [5.41, 5.74) is 0. The number of hydrogen-bond acceptors (Lipinski definition) is 4. The Bertz CT molecular complexity index is 416. The second-order valence-corrected chi connectivity index (χ2v) is 6.40. The summed E-state index contributed by atoms with van der Waals surface area (Å²) in [5, 5.41) is 0. The van der Waals surface area contributed by atoms with Gasteiger partial charge in [-0.15, -0.1) is 11.3 Å². The van der Waals surface area contributed by atoms with Crippen LogP contribution in [0.1, 0.15) is 27.9 Å². The van der Waals surface area contributed by atoms with Gasteiger partial charge in [-0.2, -0.15) is 0 Å². The van der Waals surface area contributed by atoms with Crippen LogP contribution in [-0.4, -0.2) is 54.9 Å². The second-order valence-electron chi connectivity index (χ2n) is 5.11. The van der Waals surface area contributed by atoms with Crippen molar-refractivity contribution < 1.29 is 4.79 Å². The molecule has 1 aliphatic rings. The van der Waals surface area contributed by atoms with E-state index in [0.717, 1.165) is 30.9 Å². The average Bonchev–Trinajstić information content (AvgIpc) is 2.78. The van der Waals surface area contributed by atoms with Gasteiger partial charge in [0.05, 0.1) is 11.4 Å². The summed E-state index contributed by atoms with van der Waals surface area (Å²) in [6, 6.07) is 4.57. The zero-order chi connectivity index (χ0) is 13.1. The van der Waals surface area contributed by atoms with Gasteiger partial charge >= 0.3 is 0 Å². The van der Waals surface area contributed by atoms with Crippen molar-refractivity contribution in [2.45, 2.75) is 26.3 Å². The molecule has 0 spiro atoms. The van der Waals surface area contributed by atoms with Crippen LogP contribution in [0.5, 0.6) is 0 Å². The van der Waals surface area contributed by atoms with Crippen LogP contribution >= 0.6 is 11.3 Å². The first kappa shape index (κ1) is 13.7. The number of carbonyl (C=O) groups is 1. The van der Waals surface area contributed by atoms with Crippen molar-refractivity contribution in [2.75, 3.05) is 33.2 Å². The van der Waals surface area contributed by atoms with E-state index in [1.54, 1.807) is 11.3 Å². The number of hydrogen-bond donors (Lipinski definition) is 0. The van der Waals surface area contributed by atoms with Crippen LogP contribution in [-0.2, 0) is 0 Å². The van der Waals surface area contributed by atoms with Crippen LogP contribution in [0, 0.1) is 6.92 Å². The molecule has 1 saturated heterocycles. The number of rotatable bonds is 4. The molecule has 0 amide bonds. The number of likely N-dealkylation sites (N-methyl/N-ethyl adjacent to an activating group) is 1. The summed E-state index contributed by atoms with van der Waals surface area (Å²) in [5.74, 6) is 0.271. The maximum Gasteiger partial charge on any atom is 0.186 e. The van der Waals surface area contributed by atoms with Gasteiger partial charge < -0.3 is 4.90 Å². The highest BCUT2D eigenvalue weighted by molar-refractivity contribution is 7.14. The Morgan fingerprint density at radius 3 is 2.83 bits per heavy atom. The van der Waals surface area contributed by atoms with Crippen LogP contribution in [0.2, 0.25) is 0 Å². The summed E-state index contributed by atoms with van der Waals surface area (Å²) in [4.78, 5) is 19.0. The minimum Gasteiger partial charge on any atom is -0.301 e. The Morgan fingerprint density at radius 2 is 2.22 bits per heavy atom. The zero-order valence-electron chi connectivity index (χ0n) is 11.5. The van der Waals surface area contributed by atoms with E-state index in [0.29, 0.717) is 12.6 Å². The van der Waals surface area contributed by atoms with Gasteiger partial charge in [0.25, 0.3) is 0 Å². The predicted octanol–water partition coefficient (Wildman–Crippen LogP) is 2.27. The van der Waals surface area contributed by atoms with Crippen LogP contribution in [0.4, 0.5) is 0 Å². The standard InChI is InChI=1S/C14H22N2OS/c1-4-12-9-16(8-7-15(12)3)10-13(17)14-6-5-11(2)18-14/h5-6,12H,4,7-10H2,1-3H3. The van der Waals surface area contributed by atoms with Gasteiger partial charge in [-0.25, -0.2) is 0 Å². The molecule has 1 unspecified atom stereocenters. The molecule has 4 heteroatoms. The predicted molar refractivity (Wildman–Crippen MR) is 76.5 cm³/mol. The van der Waals surface area contributed by atoms with Crippen LogP contribution in [0.15, 0.2) is 12.1 Å². The first-order valence-electron chi connectivity index (χ1n) is 6.62. The fourth-order valence-corrected chi connectivity index (χ4v) is 3.26. The van der Waals surface area contributed by atoms with Crippen molar-refractivity contribution >= 4 is 17.1 Å². The third kappa shape index (κ3) is 3.19. The van der Waals surface area contributed by atoms with Crippen LogP contribution in [0.25, 0.3) is 0 Å². The number of aryl methyl sites for hydroxylation is 1. The largest absolute Gasteiger partial charge is 0.301 e. The molecule has 1 aliphatic heterocycles. The van der Waals surface area contributed by atoms with Gasteiger partial charge in [0.15, 0.2) is 5.78 Å². The fourth-order valence-electron chi connectivity index (χ4n) is 2.46. The van der Waals surface area contributed by atoms with Crippen molar-refractivity contribution in [3.8, 4) is 0 Å². The van der Waals surface area contributed by atoms with E-state index in [9.17, 15) is 4.79 Å². The van der Waals surface area contributed by atoms with E-state index < -0.39 is 0 Å². The zero-order valence-corrected chi connectivity index (χ0v) is 12.3. The van der Waals surface area contributed by atoms with Crippen molar-refractivity contribution in [3.05, 3.63) is 21.9 Å². The molecule has 0 aromatic carbocycles. The quantitative estimate of drug-likeness (QED) is 0.781. The van der Waals surface area contributed by atoms with Crippen LogP contribution < -0.4 is 0 Å². The van der Waals surface area contributed by atoms with Gasteiger partial charge in [-0.1, -0.05) is 6.92 Å². The molecular formula is C14H22N2OS. The lowest BCUT2D eigenvalue weighted by molar-refractivity contribution is 0.0746. The monoisotopic (exact) mass is 266 g/mol. The van der Waals surface area contributed by atoms with Gasteiger partial charge in [0.2, 0.25) is 0 Å². The van der Waals surface area contributed by atoms with Gasteiger partial charge in [-0.05, 0) is 32.5 Å². The molecule has 0 bridgehead atoms. The van der Waals surface area contributed by atoms with Crippen molar-refractivity contribution in [1.82, 2.24) is 9.80 Å². The summed E-state index contributed by atoms with van der Waals surface area (Å²) >= 11 is 1.60. The molecule has 1 atom stereocenters.